The molecular weight excluding hydrogens is 258 g/mol. The lowest BCUT2D eigenvalue weighted by atomic mass is 10.2. The maximum Gasteiger partial charge on any atom is 0.288 e. The summed E-state index contributed by atoms with van der Waals surface area (Å²) in [4.78, 5) is 2.31. The van der Waals surface area contributed by atoms with E-state index in [1.165, 1.54) is 0 Å². The van der Waals surface area contributed by atoms with Crippen molar-refractivity contribution in [3.63, 3.8) is 0 Å². The van der Waals surface area contributed by atoms with Gasteiger partial charge in [-0.25, -0.2) is 0 Å². The molecule has 0 bridgehead atoms. The molecule has 1 aromatic carbocycles. The van der Waals surface area contributed by atoms with Gasteiger partial charge in [-0.2, -0.15) is 8.78 Å². The molecule has 0 aliphatic carbocycles. The monoisotopic (exact) mass is 264 g/mol. The summed E-state index contributed by atoms with van der Waals surface area (Å²) >= 11 is 3.70. The van der Waals surface area contributed by atoms with E-state index in [1.807, 2.05) is 6.08 Å². The molecule has 1 rings (SSSR count). The first-order chi connectivity index (χ1) is 6.22. The zero-order valence-corrected chi connectivity index (χ0v) is 8.99. The van der Waals surface area contributed by atoms with Crippen LogP contribution in [0.1, 0.15) is 5.56 Å². The second-order valence-corrected chi connectivity index (χ2v) is 3.83. The SMILES string of the molecule is FC(F)Sc1ccc(/C=C/Br)cc1. The quantitative estimate of drug-likeness (QED) is 0.731. The highest BCUT2D eigenvalue weighted by Gasteiger charge is 2.03. The number of hydrogen-bond acceptors (Lipinski definition) is 1. The molecule has 0 amide bonds. The fourth-order valence-corrected chi connectivity index (χ4v) is 1.64. The molecular formula is C9H7BrF2S. The van der Waals surface area contributed by atoms with Crippen LogP contribution >= 0.6 is 27.7 Å². The number of rotatable bonds is 3. The molecule has 0 aliphatic heterocycles. The van der Waals surface area contributed by atoms with E-state index in [-0.39, 0.29) is 0 Å². The number of thioether (sulfide) groups is 1. The minimum Gasteiger partial charge on any atom is -0.198 e. The van der Waals surface area contributed by atoms with Crippen LogP contribution in [0.5, 0.6) is 0 Å². The summed E-state index contributed by atoms with van der Waals surface area (Å²) in [6, 6.07) is 6.95. The molecule has 0 saturated heterocycles. The third kappa shape index (κ3) is 3.91. The molecule has 13 heavy (non-hydrogen) atoms. The van der Waals surface area contributed by atoms with Crippen LogP contribution in [0.25, 0.3) is 6.08 Å². The number of halogens is 3. The van der Waals surface area contributed by atoms with Gasteiger partial charge in [-0.15, -0.1) is 0 Å². The third-order valence-corrected chi connectivity index (χ3v) is 2.35. The Balaban J connectivity index is 2.69. The standard InChI is InChI=1S/C9H7BrF2S/c10-6-5-7-1-3-8(4-2-7)13-9(11)12/h1-6,9H/b6-5+. The number of benzene rings is 1. The van der Waals surface area contributed by atoms with Crippen molar-refractivity contribution in [2.75, 3.05) is 0 Å². The average molecular weight is 265 g/mol. The number of hydrogen-bond donors (Lipinski definition) is 0. The van der Waals surface area contributed by atoms with E-state index in [4.69, 9.17) is 0 Å². The van der Waals surface area contributed by atoms with Crippen molar-refractivity contribution in [1.29, 1.82) is 0 Å². The van der Waals surface area contributed by atoms with E-state index in [1.54, 1.807) is 29.3 Å². The Morgan fingerprint density at radius 1 is 1.23 bits per heavy atom. The molecule has 0 unspecified atom stereocenters. The second kappa shape index (κ2) is 5.40. The van der Waals surface area contributed by atoms with Gasteiger partial charge in [0.2, 0.25) is 0 Å². The fraction of sp³-hybridized carbons (Fsp3) is 0.111. The zero-order valence-electron chi connectivity index (χ0n) is 6.58. The maximum atomic E-state index is 11.9. The van der Waals surface area contributed by atoms with Gasteiger partial charge in [0, 0.05) is 4.90 Å². The normalized spacial score (nSPS) is 11.4. The van der Waals surface area contributed by atoms with Gasteiger partial charge in [0.25, 0.3) is 5.76 Å². The highest BCUT2D eigenvalue weighted by Crippen LogP contribution is 2.25. The average Bonchev–Trinajstić information content (AvgIpc) is 2.08. The van der Waals surface area contributed by atoms with Crippen LogP contribution in [0.2, 0.25) is 0 Å². The molecule has 0 aromatic heterocycles. The molecule has 0 N–H and O–H groups in total. The first kappa shape index (κ1) is 10.7. The van der Waals surface area contributed by atoms with Crippen LogP contribution in [0, 0.1) is 0 Å². The van der Waals surface area contributed by atoms with Crippen LogP contribution in [0.3, 0.4) is 0 Å². The Labute approximate surface area is 88.2 Å². The lowest BCUT2D eigenvalue weighted by molar-refractivity contribution is 0.252. The minimum atomic E-state index is -2.35. The summed E-state index contributed by atoms with van der Waals surface area (Å²) in [5.74, 6) is -2.35. The fourth-order valence-electron chi connectivity index (χ4n) is 0.833. The molecule has 0 fully saturated rings. The smallest absolute Gasteiger partial charge is 0.198 e. The van der Waals surface area contributed by atoms with Crippen LogP contribution in [-0.4, -0.2) is 5.76 Å². The summed E-state index contributed by atoms with van der Waals surface area (Å²) in [6.07, 6.45) is 1.84. The van der Waals surface area contributed by atoms with E-state index < -0.39 is 5.76 Å². The topological polar surface area (TPSA) is 0 Å². The molecule has 4 heteroatoms. The summed E-state index contributed by atoms with van der Waals surface area (Å²) in [5, 5.41) is 0. The molecule has 0 spiro atoms. The minimum absolute atomic E-state index is 0.556. The number of alkyl halides is 2. The summed E-state index contributed by atoms with van der Waals surface area (Å²) in [5.41, 5.74) is 0.982. The van der Waals surface area contributed by atoms with Crippen molar-refractivity contribution >= 4 is 33.8 Å². The molecule has 1 aromatic rings. The Morgan fingerprint density at radius 3 is 2.31 bits per heavy atom. The summed E-state index contributed by atoms with van der Waals surface area (Å²) in [6.45, 7) is 0. The van der Waals surface area contributed by atoms with Gasteiger partial charge < -0.3 is 0 Å². The molecule has 0 saturated carbocycles. The van der Waals surface area contributed by atoms with Gasteiger partial charge in [-0.1, -0.05) is 39.8 Å². The largest absolute Gasteiger partial charge is 0.288 e. The van der Waals surface area contributed by atoms with Gasteiger partial charge in [-0.3, -0.25) is 0 Å². The molecule has 0 atom stereocenters. The highest BCUT2D eigenvalue weighted by molar-refractivity contribution is 9.11. The van der Waals surface area contributed by atoms with Crippen LogP contribution in [0.4, 0.5) is 8.78 Å². The lowest BCUT2D eigenvalue weighted by Gasteiger charge is -1.99. The van der Waals surface area contributed by atoms with Crippen LogP contribution in [0.15, 0.2) is 34.1 Å². The molecule has 0 heterocycles. The van der Waals surface area contributed by atoms with Gasteiger partial charge in [-0.05, 0) is 28.8 Å². The molecule has 0 nitrogen and oxygen atoms in total. The van der Waals surface area contributed by atoms with Crippen LogP contribution in [-0.2, 0) is 0 Å². The molecule has 0 aliphatic rings. The first-order valence-corrected chi connectivity index (χ1v) is 5.33. The van der Waals surface area contributed by atoms with Crippen molar-refractivity contribution in [1.82, 2.24) is 0 Å². The van der Waals surface area contributed by atoms with E-state index in [0.29, 0.717) is 16.7 Å². The zero-order chi connectivity index (χ0) is 9.68. The second-order valence-electron chi connectivity index (χ2n) is 2.24. The lowest BCUT2D eigenvalue weighted by Crippen LogP contribution is -1.81. The van der Waals surface area contributed by atoms with E-state index in [9.17, 15) is 8.78 Å². The van der Waals surface area contributed by atoms with Crippen molar-refractivity contribution in [2.45, 2.75) is 10.7 Å². The van der Waals surface area contributed by atoms with Crippen molar-refractivity contribution in [3.8, 4) is 0 Å². The van der Waals surface area contributed by atoms with Gasteiger partial charge in [0.1, 0.15) is 0 Å². The van der Waals surface area contributed by atoms with Crippen molar-refractivity contribution in [2.24, 2.45) is 0 Å². The predicted octanol–water partition coefficient (Wildman–Crippen LogP) is 4.37. The summed E-state index contributed by atoms with van der Waals surface area (Å²) < 4.78 is 23.8. The molecule has 70 valence electrons. The molecule has 0 radical (unpaired) electrons. The van der Waals surface area contributed by atoms with Crippen molar-refractivity contribution in [3.05, 3.63) is 34.8 Å². The van der Waals surface area contributed by atoms with E-state index in [2.05, 4.69) is 15.9 Å². The van der Waals surface area contributed by atoms with E-state index in [0.717, 1.165) is 5.56 Å². The first-order valence-electron chi connectivity index (χ1n) is 3.54. The maximum absolute atomic E-state index is 11.9. The Morgan fingerprint density at radius 2 is 1.85 bits per heavy atom. The van der Waals surface area contributed by atoms with Gasteiger partial charge in [0.05, 0.1) is 0 Å². The predicted molar refractivity (Wildman–Crippen MR) is 56.3 cm³/mol. The van der Waals surface area contributed by atoms with Gasteiger partial charge in [0.15, 0.2) is 0 Å². The highest BCUT2D eigenvalue weighted by atomic mass is 79.9. The summed E-state index contributed by atoms with van der Waals surface area (Å²) in [7, 11) is 0. The van der Waals surface area contributed by atoms with E-state index >= 15 is 0 Å². The third-order valence-electron chi connectivity index (χ3n) is 1.36. The Kier molecular flexibility index (Phi) is 4.45. The van der Waals surface area contributed by atoms with Crippen molar-refractivity contribution < 1.29 is 8.78 Å². The van der Waals surface area contributed by atoms with Crippen LogP contribution < -0.4 is 0 Å². The Hall–Kier alpha value is -0.350. The van der Waals surface area contributed by atoms with Gasteiger partial charge >= 0.3 is 0 Å². The Bertz CT molecular complexity index is 282.